The molecular weight excluding hydrogens is 120 g/mol. The normalized spacial score (nSPS) is 19.8. The molecule has 0 atom stereocenters. The molecule has 0 saturated heterocycles. The molecule has 0 aromatic rings. The lowest BCUT2D eigenvalue weighted by Gasteiger charge is -2.17. The zero-order valence-electron chi connectivity index (χ0n) is 5.00. The third-order valence-corrected chi connectivity index (χ3v) is 1.62. The maximum atomic E-state index is 10.3. The number of aliphatic carboxylic acids is 1. The molecule has 1 aliphatic carbocycles. The van der Waals surface area contributed by atoms with E-state index in [1.165, 1.54) is 0 Å². The average molecular weight is 130 g/mol. The lowest BCUT2D eigenvalue weighted by atomic mass is 10.1. The summed E-state index contributed by atoms with van der Waals surface area (Å²) in [5.74, 6) is -1.11. The first-order valence-corrected chi connectivity index (χ1v) is 2.86. The minimum absolute atomic E-state index is 0.00463. The standard InChI is InChI=1S/C5H10N2O2/c6-5(7,4(8)9)3-1-2-3/h3H,1-2,6-7H2,(H,8,9). The molecule has 1 aliphatic rings. The Morgan fingerprint density at radius 2 is 2.00 bits per heavy atom. The molecule has 0 unspecified atom stereocenters. The van der Waals surface area contributed by atoms with Gasteiger partial charge in [-0.1, -0.05) is 0 Å². The molecule has 1 rings (SSSR count). The van der Waals surface area contributed by atoms with Crippen molar-refractivity contribution in [3.05, 3.63) is 0 Å². The Bertz CT molecular complexity index is 140. The van der Waals surface area contributed by atoms with Crippen LogP contribution in [0.4, 0.5) is 0 Å². The second kappa shape index (κ2) is 1.68. The van der Waals surface area contributed by atoms with E-state index in [1.807, 2.05) is 0 Å². The smallest absolute Gasteiger partial charge is 0.338 e. The molecule has 1 saturated carbocycles. The fourth-order valence-corrected chi connectivity index (χ4v) is 0.736. The van der Waals surface area contributed by atoms with Crippen LogP contribution in [-0.4, -0.2) is 16.7 Å². The van der Waals surface area contributed by atoms with Crippen LogP contribution in [0, 0.1) is 5.92 Å². The Kier molecular flexibility index (Phi) is 1.22. The molecule has 0 spiro atoms. The summed E-state index contributed by atoms with van der Waals surface area (Å²) >= 11 is 0. The van der Waals surface area contributed by atoms with Crippen molar-refractivity contribution in [3.63, 3.8) is 0 Å². The summed E-state index contributed by atoms with van der Waals surface area (Å²) in [4.78, 5) is 10.3. The SMILES string of the molecule is NC(N)(C(=O)O)C1CC1. The van der Waals surface area contributed by atoms with Gasteiger partial charge in [0.15, 0.2) is 5.66 Å². The summed E-state index contributed by atoms with van der Waals surface area (Å²) in [6, 6.07) is 0. The number of nitrogens with two attached hydrogens (primary N) is 2. The molecule has 0 aromatic carbocycles. The second-order valence-corrected chi connectivity index (χ2v) is 2.51. The van der Waals surface area contributed by atoms with Gasteiger partial charge in [-0.15, -0.1) is 0 Å². The lowest BCUT2D eigenvalue weighted by Crippen LogP contribution is -2.58. The van der Waals surface area contributed by atoms with Gasteiger partial charge >= 0.3 is 5.97 Å². The van der Waals surface area contributed by atoms with E-state index >= 15 is 0 Å². The Morgan fingerprint density at radius 3 is 2.11 bits per heavy atom. The van der Waals surface area contributed by atoms with Crippen molar-refractivity contribution in [1.29, 1.82) is 0 Å². The highest BCUT2D eigenvalue weighted by Gasteiger charge is 2.45. The van der Waals surface area contributed by atoms with Crippen molar-refractivity contribution in [2.75, 3.05) is 0 Å². The van der Waals surface area contributed by atoms with E-state index in [2.05, 4.69) is 0 Å². The van der Waals surface area contributed by atoms with Crippen molar-refractivity contribution in [2.45, 2.75) is 18.5 Å². The van der Waals surface area contributed by atoms with Crippen molar-refractivity contribution in [3.8, 4) is 0 Å². The summed E-state index contributed by atoms with van der Waals surface area (Å²) in [6.45, 7) is 0. The first-order chi connectivity index (χ1) is 4.05. The van der Waals surface area contributed by atoms with Crippen molar-refractivity contribution < 1.29 is 9.90 Å². The van der Waals surface area contributed by atoms with Gasteiger partial charge in [-0.25, -0.2) is 4.79 Å². The quantitative estimate of drug-likeness (QED) is 0.422. The van der Waals surface area contributed by atoms with Crippen LogP contribution in [0.3, 0.4) is 0 Å². The zero-order chi connectivity index (χ0) is 7.07. The van der Waals surface area contributed by atoms with Crippen LogP contribution in [0.15, 0.2) is 0 Å². The van der Waals surface area contributed by atoms with Gasteiger partial charge in [0, 0.05) is 5.92 Å². The predicted molar refractivity (Wildman–Crippen MR) is 31.5 cm³/mol. The Labute approximate surface area is 52.8 Å². The average Bonchev–Trinajstić information content (AvgIpc) is 2.42. The maximum Gasteiger partial charge on any atom is 0.338 e. The molecule has 0 amide bonds. The highest BCUT2D eigenvalue weighted by Crippen LogP contribution is 2.35. The number of carboxylic acid groups (broad SMARTS) is 1. The van der Waals surface area contributed by atoms with E-state index in [0.29, 0.717) is 0 Å². The summed E-state index contributed by atoms with van der Waals surface area (Å²) in [5.41, 5.74) is 9.01. The zero-order valence-corrected chi connectivity index (χ0v) is 5.00. The van der Waals surface area contributed by atoms with E-state index in [-0.39, 0.29) is 5.92 Å². The van der Waals surface area contributed by atoms with Crippen LogP contribution < -0.4 is 11.5 Å². The fourth-order valence-electron chi connectivity index (χ4n) is 0.736. The van der Waals surface area contributed by atoms with Crippen LogP contribution >= 0.6 is 0 Å². The minimum atomic E-state index is -1.47. The highest BCUT2D eigenvalue weighted by atomic mass is 16.4. The molecule has 52 valence electrons. The first-order valence-electron chi connectivity index (χ1n) is 2.86. The molecule has 4 heteroatoms. The second-order valence-electron chi connectivity index (χ2n) is 2.51. The molecule has 4 nitrogen and oxygen atoms in total. The largest absolute Gasteiger partial charge is 0.479 e. The van der Waals surface area contributed by atoms with Gasteiger partial charge < -0.3 is 16.6 Å². The highest BCUT2D eigenvalue weighted by molar-refractivity contribution is 5.78. The van der Waals surface area contributed by atoms with Crippen molar-refractivity contribution >= 4 is 5.97 Å². The summed E-state index contributed by atoms with van der Waals surface area (Å²) in [5, 5.41) is 8.40. The molecule has 9 heavy (non-hydrogen) atoms. The Hall–Kier alpha value is -0.610. The predicted octanol–water partition coefficient (Wildman–Crippen LogP) is -0.905. The molecule has 1 fully saturated rings. The van der Waals surface area contributed by atoms with Crippen LogP contribution in [0.25, 0.3) is 0 Å². The fraction of sp³-hybridized carbons (Fsp3) is 0.800. The van der Waals surface area contributed by atoms with E-state index in [0.717, 1.165) is 12.8 Å². The molecule has 0 radical (unpaired) electrons. The monoisotopic (exact) mass is 130 g/mol. The van der Waals surface area contributed by atoms with Gasteiger partial charge in [-0.2, -0.15) is 0 Å². The van der Waals surface area contributed by atoms with Crippen LogP contribution in [0.2, 0.25) is 0 Å². The molecule has 0 aromatic heterocycles. The number of hydrogen-bond acceptors (Lipinski definition) is 3. The third-order valence-electron chi connectivity index (χ3n) is 1.62. The van der Waals surface area contributed by atoms with Gasteiger partial charge in [0.1, 0.15) is 0 Å². The van der Waals surface area contributed by atoms with Crippen LogP contribution in [0.5, 0.6) is 0 Å². The van der Waals surface area contributed by atoms with Crippen molar-refractivity contribution in [1.82, 2.24) is 0 Å². The maximum absolute atomic E-state index is 10.3. The third kappa shape index (κ3) is 1.04. The topological polar surface area (TPSA) is 89.3 Å². The Morgan fingerprint density at radius 1 is 1.56 bits per heavy atom. The number of hydrogen-bond donors (Lipinski definition) is 3. The van der Waals surface area contributed by atoms with Gasteiger partial charge in [-0.3, -0.25) is 0 Å². The number of rotatable bonds is 2. The number of carboxylic acids is 1. The summed E-state index contributed by atoms with van der Waals surface area (Å²) < 4.78 is 0. The molecule has 0 aliphatic heterocycles. The summed E-state index contributed by atoms with van der Waals surface area (Å²) in [7, 11) is 0. The molecular formula is C5H10N2O2. The van der Waals surface area contributed by atoms with Crippen LogP contribution in [-0.2, 0) is 4.79 Å². The summed E-state index contributed by atoms with van der Waals surface area (Å²) in [6.07, 6.45) is 1.69. The minimum Gasteiger partial charge on any atom is -0.479 e. The van der Waals surface area contributed by atoms with Gasteiger partial charge in [0.05, 0.1) is 0 Å². The number of carbonyl (C=O) groups is 1. The molecule has 0 bridgehead atoms. The molecule has 5 N–H and O–H groups in total. The van der Waals surface area contributed by atoms with E-state index in [9.17, 15) is 4.79 Å². The first kappa shape index (κ1) is 6.51. The van der Waals surface area contributed by atoms with E-state index in [1.54, 1.807) is 0 Å². The van der Waals surface area contributed by atoms with Gasteiger partial charge in [-0.05, 0) is 12.8 Å². The molecule has 0 heterocycles. The van der Waals surface area contributed by atoms with Crippen molar-refractivity contribution in [2.24, 2.45) is 17.4 Å². The van der Waals surface area contributed by atoms with E-state index in [4.69, 9.17) is 16.6 Å². The van der Waals surface area contributed by atoms with Gasteiger partial charge in [0.2, 0.25) is 0 Å². The van der Waals surface area contributed by atoms with E-state index < -0.39 is 11.6 Å². The van der Waals surface area contributed by atoms with Crippen LogP contribution in [0.1, 0.15) is 12.8 Å². The lowest BCUT2D eigenvalue weighted by molar-refractivity contribution is -0.144. The van der Waals surface area contributed by atoms with Gasteiger partial charge in [0.25, 0.3) is 0 Å². The Balaban J connectivity index is 2.59.